The van der Waals surface area contributed by atoms with E-state index in [0.29, 0.717) is 11.4 Å². The van der Waals surface area contributed by atoms with Crippen molar-refractivity contribution in [3.63, 3.8) is 0 Å². The summed E-state index contributed by atoms with van der Waals surface area (Å²) in [6, 6.07) is 2.37. The first-order valence-corrected chi connectivity index (χ1v) is 2.46. The maximum absolute atomic E-state index is 3.65. The molecule has 0 aromatic heterocycles. The third-order valence-corrected chi connectivity index (χ3v) is 0.449. The molecule has 0 fully saturated rings. The van der Waals surface area contributed by atoms with Gasteiger partial charge in [0.25, 0.3) is 0 Å². The fourth-order valence-electron chi connectivity index (χ4n) is 0.181. The Bertz CT molecular complexity index is 165. The van der Waals surface area contributed by atoms with Crippen LogP contribution in [0.5, 0.6) is 0 Å². The Morgan fingerprint density at radius 3 is 2.33 bits per heavy atom. The Balaban J connectivity index is 3.97. The number of nitrogens with zero attached hydrogens (tertiary/aromatic N) is 2. The molecule has 2 heteroatoms. The highest BCUT2D eigenvalue weighted by atomic mass is 14.8. The van der Waals surface area contributed by atoms with E-state index in [2.05, 4.69) is 36.1 Å². The maximum Gasteiger partial charge on any atom is 0.219 e. The van der Waals surface area contributed by atoms with E-state index < -0.39 is 0 Å². The van der Waals surface area contributed by atoms with Crippen molar-refractivity contribution in [2.24, 2.45) is 9.98 Å². The summed E-state index contributed by atoms with van der Waals surface area (Å²) in [6.45, 7) is 12.1. The monoisotopic (exact) mass is 121 g/mol. The molecule has 0 amide bonds. The highest BCUT2D eigenvalue weighted by Gasteiger charge is 1.78. The molecular formula is C7H9N2+. The predicted octanol–water partition coefficient (Wildman–Crippen LogP) is 2.04. The van der Waals surface area contributed by atoms with Crippen molar-refractivity contribution in [2.75, 3.05) is 0 Å². The molecule has 0 aliphatic carbocycles. The predicted molar refractivity (Wildman–Crippen MR) is 39.2 cm³/mol. The summed E-state index contributed by atoms with van der Waals surface area (Å²) in [5, 5.41) is 0. The fourth-order valence-corrected chi connectivity index (χ4v) is 0.181. The first kappa shape index (κ1) is 7.73. The van der Waals surface area contributed by atoms with Gasteiger partial charge >= 0.3 is 0 Å². The second kappa shape index (κ2) is 3.70. The van der Waals surface area contributed by atoms with Gasteiger partial charge in [-0.15, -0.1) is 4.99 Å². The van der Waals surface area contributed by atoms with Crippen molar-refractivity contribution in [2.45, 2.75) is 6.92 Å². The molecule has 46 valence electrons. The van der Waals surface area contributed by atoms with Crippen LogP contribution in [-0.4, -0.2) is 6.01 Å². The van der Waals surface area contributed by atoms with E-state index in [0.717, 1.165) is 0 Å². The van der Waals surface area contributed by atoms with Gasteiger partial charge in [0.1, 0.15) is 6.01 Å². The lowest BCUT2D eigenvalue weighted by Gasteiger charge is -1.74. The quantitative estimate of drug-likeness (QED) is 0.394. The van der Waals surface area contributed by atoms with Crippen molar-refractivity contribution in [3.05, 3.63) is 31.5 Å². The van der Waals surface area contributed by atoms with Crippen molar-refractivity contribution in [1.29, 1.82) is 0 Å². The molecule has 9 heavy (non-hydrogen) atoms. The molecule has 0 rings (SSSR count). The summed E-state index contributed by atoms with van der Waals surface area (Å²) in [5.41, 5.74) is 1.11. The van der Waals surface area contributed by atoms with Crippen LogP contribution in [0.15, 0.2) is 34.5 Å². The lowest BCUT2D eigenvalue weighted by atomic mass is 10.6. The summed E-state index contributed by atoms with van der Waals surface area (Å²) in [5.74, 6) is 0. The van der Waals surface area contributed by atoms with Gasteiger partial charge in [-0.3, -0.25) is 0 Å². The average molecular weight is 121 g/mol. The lowest BCUT2D eigenvalue weighted by Crippen LogP contribution is -1.63. The van der Waals surface area contributed by atoms with E-state index in [1.165, 1.54) is 0 Å². The minimum absolute atomic E-state index is 0.444. The highest BCUT2D eigenvalue weighted by molar-refractivity contribution is 5.45. The molecule has 0 aromatic carbocycles. The third-order valence-electron chi connectivity index (χ3n) is 0.449. The molecule has 0 spiro atoms. The van der Waals surface area contributed by atoms with Gasteiger partial charge < -0.3 is 0 Å². The van der Waals surface area contributed by atoms with Gasteiger partial charge in [0, 0.05) is 5.70 Å². The van der Waals surface area contributed by atoms with Crippen LogP contribution in [-0.2, 0) is 0 Å². The van der Waals surface area contributed by atoms with Crippen LogP contribution in [0.4, 0.5) is 0 Å². The van der Waals surface area contributed by atoms with Crippen LogP contribution in [0.1, 0.15) is 6.92 Å². The SMILES string of the molecule is C=C([CH2+])N=C=NC(=C)C. The van der Waals surface area contributed by atoms with Crippen LogP contribution in [0.3, 0.4) is 0 Å². The summed E-state index contributed by atoms with van der Waals surface area (Å²) in [6.07, 6.45) is 0. The van der Waals surface area contributed by atoms with Gasteiger partial charge in [-0.05, 0) is 6.92 Å². The molecule has 0 unspecified atom stereocenters. The molecule has 0 aromatic rings. The standard InChI is InChI=1S/C7H9N2/c1-6(2)8-5-9-7(3)4/h1-3H2,4H3/q+1. The number of hydrogen-bond acceptors (Lipinski definition) is 2. The van der Waals surface area contributed by atoms with E-state index in [1.54, 1.807) is 6.92 Å². The van der Waals surface area contributed by atoms with Crippen LogP contribution in [0.25, 0.3) is 0 Å². The Kier molecular flexibility index (Phi) is 3.18. The zero-order chi connectivity index (χ0) is 7.28. The number of allylic oxidation sites excluding steroid dienone is 2. The number of aliphatic imine (C=N–C) groups is 2. The van der Waals surface area contributed by atoms with E-state index in [9.17, 15) is 0 Å². The van der Waals surface area contributed by atoms with E-state index in [1.807, 2.05) is 0 Å². The minimum atomic E-state index is 0.444. The first-order valence-electron chi connectivity index (χ1n) is 2.46. The highest BCUT2D eigenvalue weighted by Crippen LogP contribution is 1.86. The van der Waals surface area contributed by atoms with Crippen LogP contribution >= 0.6 is 0 Å². The minimum Gasteiger partial charge on any atom is -0.193 e. The summed E-state index contributed by atoms with van der Waals surface area (Å²) < 4.78 is 0. The van der Waals surface area contributed by atoms with E-state index in [4.69, 9.17) is 0 Å². The average Bonchev–Trinajstić information content (AvgIpc) is 1.63. The largest absolute Gasteiger partial charge is 0.219 e. The molecule has 0 heterocycles. The van der Waals surface area contributed by atoms with E-state index in [-0.39, 0.29) is 0 Å². The van der Waals surface area contributed by atoms with Gasteiger partial charge in [0.2, 0.25) is 5.70 Å². The van der Waals surface area contributed by atoms with Crippen molar-refractivity contribution in [3.8, 4) is 0 Å². The Hall–Kier alpha value is -1.27. The summed E-state index contributed by atoms with van der Waals surface area (Å²) >= 11 is 0. The number of rotatable bonds is 2. The Morgan fingerprint density at radius 1 is 1.44 bits per heavy atom. The first-order chi connectivity index (χ1) is 4.13. The smallest absolute Gasteiger partial charge is 0.193 e. The molecule has 0 saturated heterocycles. The summed E-state index contributed by atoms with van der Waals surface area (Å²) in [4.78, 5) is 7.23. The molecule has 0 radical (unpaired) electrons. The fraction of sp³-hybridized carbons (Fsp3) is 0.143. The number of hydrogen-bond donors (Lipinski definition) is 0. The molecular weight excluding hydrogens is 112 g/mol. The zero-order valence-corrected chi connectivity index (χ0v) is 5.52. The second-order valence-corrected chi connectivity index (χ2v) is 1.63. The maximum atomic E-state index is 3.65. The molecule has 0 bridgehead atoms. The van der Waals surface area contributed by atoms with Crippen molar-refractivity contribution >= 4 is 6.01 Å². The molecule has 0 atom stereocenters. The molecule has 0 saturated carbocycles. The van der Waals surface area contributed by atoms with Gasteiger partial charge in [-0.1, -0.05) is 6.58 Å². The van der Waals surface area contributed by atoms with Gasteiger partial charge in [-0.25, -0.2) is 0 Å². The Labute approximate surface area is 55.3 Å². The van der Waals surface area contributed by atoms with Crippen molar-refractivity contribution in [1.82, 2.24) is 0 Å². The van der Waals surface area contributed by atoms with Crippen LogP contribution < -0.4 is 0 Å². The van der Waals surface area contributed by atoms with Gasteiger partial charge in [0.05, 0.1) is 13.5 Å². The van der Waals surface area contributed by atoms with Crippen LogP contribution in [0.2, 0.25) is 0 Å². The molecule has 2 nitrogen and oxygen atoms in total. The Morgan fingerprint density at radius 2 is 2.00 bits per heavy atom. The van der Waals surface area contributed by atoms with Crippen molar-refractivity contribution < 1.29 is 0 Å². The van der Waals surface area contributed by atoms with Gasteiger partial charge in [-0.2, -0.15) is 4.99 Å². The summed E-state index contributed by atoms with van der Waals surface area (Å²) in [7, 11) is 0. The normalized spacial score (nSPS) is 7.22. The topological polar surface area (TPSA) is 24.7 Å². The third kappa shape index (κ3) is 6.73. The second-order valence-electron chi connectivity index (χ2n) is 1.63. The van der Waals surface area contributed by atoms with Crippen LogP contribution in [0, 0.1) is 6.92 Å². The molecule has 0 aliphatic rings. The zero-order valence-electron chi connectivity index (χ0n) is 5.52. The molecule has 0 N–H and O–H groups in total. The lowest BCUT2D eigenvalue weighted by molar-refractivity contribution is 1.33. The van der Waals surface area contributed by atoms with Gasteiger partial charge in [0.15, 0.2) is 0 Å². The molecule has 0 aliphatic heterocycles. The van der Waals surface area contributed by atoms with E-state index >= 15 is 0 Å².